The first-order valence-corrected chi connectivity index (χ1v) is 9.12. The van der Waals surface area contributed by atoms with Crippen LogP contribution in [-0.4, -0.2) is 25.5 Å². The maximum absolute atomic E-state index is 9.28. The van der Waals surface area contributed by atoms with E-state index in [4.69, 9.17) is 5.26 Å². The van der Waals surface area contributed by atoms with E-state index in [1.54, 1.807) is 12.4 Å². The van der Waals surface area contributed by atoms with Crippen LogP contribution in [0.4, 0.5) is 0 Å². The van der Waals surface area contributed by atoms with Crippen LogP contribution in [0.15, 0.2) is 60.0 Å². The first-order chi connectivity index (χ1) is 12.8. The number of nitrogens with zero attached hydrogens (tertiary/aromatic N) is 6. The van der Waals surface area contributed by atoms with Crippen molar-refractivity contribution in [1.29, 1.82) is 10.5 Å². The number of pyridine rings is 1. The van der Waals surface area contributed by atoms with Crippen molar-refractivity contribution < 1.29 is 0 Å². The van der Waals surface area contributed by atoms with Gasteiger partial charge in [-0.3, -0.25) is 9.55 Å². The van der Waals surface area contributed by atoms with Crippen molar-refractivity contribution >= 4 is 11.8 Å². The first-order valence-electron chi connectivity index (χ1n) is 8.14. The molecule has 0 aliphatic rings. The van der Waals surface area contributed by atoms with Gasteiger partial charge in [-0.2, -0.15) is 10.5 Å². The fraction of sp³-hybridized carbons (Fsp3) is 0.211. The van der Waals surface area contributed by atoms with Crippen LogP contribution in [0, 0.1) is 28.6 Å². The summed E-state index contributed by atoms with van der Waals surface area (Å²) in [5.74, 6) is 1.08. The van der Waals surface area contributed by atoms with E-state index in [9.17, 15) is 5.26 Å². The van der Waals surface area contributed by atoms with Crippen LogP contribution in [-0.2, 0) is 0 Å². The molecule has 6 nitrogen and oxygen atoms in total. The van der Waals surface area contributed by atoms with E-state index in [-0.39, 0.29) is 5.92 Å². The van der Waals surface area contributed by atoms with Gasteiger partial charge in [0.1, 0.15) is 0 Å². The highest BCUT2D eigenvalue weighted by Gasteiger charge is 2.18. The van der Waals surface area contributed by atoms with Crippen molar-refractivity contribution in [2.45, 2.75) is 18.0 Å². The van der Waals surface area contributed by atoms with Gasteiger partial charge in [0.15, 0.2) is 11.0 Å². The Balaban J connectivity index is 1.92. The molecule has 0 amide bonds. The van der Waals surface area contributed by atoms with Gasteiger partial charge in [0, 0.05) is 35.8 Å². The van der Waals surface area contributed by atoms with Crippen LogP contribution in [0.25, 0.3) is 17.1 Å². The second kappa shape index (κ2) is 8.80. The largest absolute Gasteiger partial charge is 0.270 e. The van der Waals surface area contributed by atoms with E-state index in [0.717, 1.165) is 11.3 Å². The maximum Gasteiger partial charge on any atom is 0.196 e. The summed E-state index contributed by atoms with van der Waals surface area (Å²) in [6, 6.07) is 18.0. The van der Waals surface area contributed by atoms with Gasteiger partial charge >= 0.3 is 0 Å². The van der Waals surface area contributed by atoms with Gasteiger partial charge in [0.2, 0.25) is 0 Å². The Hall–Kier alpha value is -3.16. The van der Waals surface area contributed by atoms with Crippen LogP contribution in [0.5, 0.6) is 0 Å². The summed E-state index contributed by atoms with van der Waals surface area (Å²) >= 11 is 1.48. The minimum absolute atomic E-state index is 0.192. The standard InChI is InChI=1S/C19H16N6S/c20-10-4-6-15(12-21)14-26-19-24-23-18(16-7-5-11-22-13-16)25(19)17-8-2-1-3-9-17/h1-3,5,7-9,11,13,15H,4,6,14H2/t15-/m1/s1. The van der Waals surface area contributed by atoms with Crippen molar-refractivity contribution in [3.8, 4) is 29.2 Å². The number of rotatable bonds is 7. The van der Waals surface area contributed by atoms with Crippen molar-refractivity contribution in [3.05, 3.63) is 54.9 Å². The highest BCUT2D eigenvalue weighted by atomic mass is 32.2. The molecule has 0 saturated heterocycles. The molecule has 2 aromatic heterocycles. The lowest BCUT2D eigenvalue weighted by Gasteiger charge is -2.11. The number of hydrogen-bond donors (Lipinski definition) is 0. The molecule has 26 heavy (non-hydrogen) atoms. The zero-order valence-corrected chi connectivity index (χ0v) is 14.8. The van der Waals surface area contributed by atoms with E-state index >= 15 is 0 Å². The number of para-hydroxylation sites is 1. The second-order valence-electron chi connectivity index (χ2n) is 5.55. The van der Waals surface area contributed by atoms with Crippen LogP contribution in [0.2, 0.25) is 0 Å². The Kier molecular flexibility index (Phi) is 5.97. The molecule has 128 valence electrons. The van der Waals surface area contributed by atoms with Gasteiger partial charge in [0.05, 0.1) is 18.1 Å². The van der Waals surface area contributed by atoms with Gasteiger partial charge in [-0.1, -0.05) is 30.0 Å². The van der Waals surface area contributed by atoms with E-state index in [2.05, 4.69) is 27.3 Å². The molecule has 2 heterocycles. The summed E-state index contributed by atoms with van der Waals surface area (Å²) in [4.78, 5) is 4.16. The SMILES string of the molecule is N#CCC[C@H](C#N)CSc1nnc(-c2cccnc2)n1-c1ccccc1. The van der Waals surface area contributed by atoms with Crippen LogP contribution < -0.4 is 0 Å². The maximum atomic E-state index is 9.28. The van der Waals surface area contributed by atoms with Crippen LogP contribution >= 0.6 is 11.8 Å². The van der Waals surface area contributed by atoms with Gasteiger partial charge < -0.3 is 0 Å². The van der Waals surface area contributed by atoms with E-state index < -0.39 is 0 Å². The first kappa shape index (κ1) is 17.7. The number of aromatic nitrogens is 4. The molecule has 0 fully saturated rings. The Morgan fingerprint density at radius 2 is 1.92 bits per heavy atom. The Morgan fingerprint density at radius 1 is 1.08 bits per heavy atom. The molecule has 0 unspecified atom stereocenters. The molecule has 1 atom stereocenters. The zero-order valence-electron chi connectivity index (χ0n) is 14.0. The molecule has 0 aliphatic carbocycles. The van der Waals surface area contributed by atoms with Crippen molar-refractivity contribution in [1.82, 2.24) is 19.7 Å². The molecule has 0 radical (unpaired) electrons. The van der Waals surface area contributed by atoms with Crippen molar-refractivity contribution in [2.24, 2.45) is 5.92 Å². The minimum atomic E-state index is -0.192. The molecule has 3 aromatic rings. The Morgan fingerprint density at radius 3 is 2.62 bits per heavy atom. The van der Waals surface area contributed by atoms with Gasteiger partial charge in [0.25, 0.3) is 0 Å². The second-order valence-corrected chi connectivity index (χ2v) is 6.54. The fourth-order valence-electron chi connectivity index (χ4n) is 2.45. The average Bonchev–Trinajstić information content (AvgIpc) is 3.13. The Labute approximate surface area is 156 Å². The zero-order chi connectivity index (χ0) is 18.2. The van der Waals surface area contributed by atoms with Gasteiger partial charge in [-0.05, 0) is 30.7 Å². The highest BCUT2D eigenvalue weighted by Crippen LogP contribution is 2.29. The predicted octanol–water partition coefficient (Wildman–Crippen LogP) is 3.86. The van der Waals surface area contributed by atoms with E-state index in [0.29, 0.717) is 29.6 Å². The van der Waals surface area contributed by atoms with E-state index in [1.165, 1.54) is 11.8 Å². The summed E-state index contributed by atoms with van der Waals surface area (Å²) < 4.78 is 1.97. The smallest absolute Gasteiger partial charge is 0.196 e. The summed E-state index contributed by atoms with van der Waals surface area (Å²) in [6.45, 7) is 0. The predicted molar refractivity (Wildman–Crippen MR) is 99.3 cm³/mol. The van der Waals surface area contributed by atoms with Crippen LogP contribution in [0.3, 0.4) is 0 Å². The molecule has 0 aliphatic heterocycles. The molecule has 0 bridgehead atoms. The number of benzene rings is 1. The summed E-state index contributed by atoms with van der Waals surface area (Å²) in [5.41, 5.74) is 1.82. The Bertz CT molecular complexity index is 924. The lowest BCUT2D eigenvalue weighted by Crippen LogP contribution is -2.04. The summed E-state index contributed by atoms with van der Waals surface area (Å²) in [6.07, 6.45) is 4.41. The highest BCUT2D eigenvalue weighted by molar-refractivity contribution is 7.99. The van der Waals surface area contributed by atoms with Gasteiger partial charge in [-0.25, -0.2) is 0 Å². The minimum Gasteiger partial charge on any atom is -0.270 e. The third-order valence-corrected chi connectivity index (χ3v) is 4.86. The number of hydrogen-bond acceptors (Lipinski definition) is 6. The van der Waals surface area contributed by atoms with E-state index in [1.807, 2.05) is 47.0 Å². The lowest BCUT2D eigenvalue weighted by molar-refractivity contribution is 0.683. The molecule has 0 saturated carbocycles. The monoisotopic (exact) mass is 360 g/mol. The molecule has 0 spiro atoms. The molecular formula is C19H16N6S. The molecule has 3 rings (SSSR count). The molecule has 0 N–H and O–H groups in total. The van der Waals surface area contributed by atoms with Crippen molar-refractivity contribution in [3.63, 3.8) is 0 Å². The third-order valence-electron chi connectivity index (χ3n) is 3.77. The average molecular weight is 360 g/mol. The quantitative estimate of drug-likeness (QED) is 0.594. The fourth-order valence-corrected chi connectivity index (χ4v) is 3.47. The summed E-state index contributed by atoms with van der Waals surface area (Å²) in [7, 11) is 0. The molecule has 1 aromatic carbocycles. The number of thioether (sulfide) groups is 1. The topological polar surface area (TPSA) is 91.2 Å². The van der Waals surface area contributed by atoms with Gasteiger partial charge in [-0.15, -0.1) is 10.2 Å². The van der Waals surface area contributed by atoms with Crippen molar-refractivity contribution in [2.75, 3.05) is 5.75 Å². The molecular weight excluding hydrogens is 344 g/mol. The van der Waals surface area contributed by atoms with Crippen LogP contribution in [0.1, 0.15) is 12.8 Å². The third kappa shape index (κ3) is 4.08. The lowest BCUT2D eigenvalue weighted by atomic mass is 10.1. The number of nitriles is 2. The molecule has 7 heteroatoms. The normalized spacial score (nSPS) is 11.5. The summed E-state index contributed by atoms with van der Waals surface area (Å²) in [5, 5.41) is 27.4.